The zero-order valence-electron chi connectivity index (χ0n) is 10.8. The van der Waals surface area contributed by atoms with Gasteiger partial charge in [-0.1, -0.05) is 6.07 Å². The summed E-state index contributed by atoms with van der Waals surface area (Å²) in [6.07, 6.45) is 1.62. The topological polar surface area (TPSA) is 40.5 Å². The van der Waals surface area contributed by atoms with Gasteiger partial charge in [0.25, 0.3) is 5.91 Å². The average molecular weight is 286 g/mol. The monoisotopic (exact) mass is 285 g/mol. The van der Waals surface area contributed by atoms with Gasteiger partial charge in [0, 0.05) is 18.5 Å². The van der Waals surface area contributed by atoms with Crippen molar-refractivity contribution in [2.45, 2.75) is 25.1 Å². The second-order valence-corrected chi connectivity index (χ2v) is 5.63. The molecule has 0 radical (unpaired) electrons. The van der Waals surface area contributed by atoms with Crippen LogP contribution in [0.25, 0.3) is 0 Å². The lowest BCUT2D eigenvalue weighted by atomic mass is 9.93. The molecule has 1 aromatic rings. The van der Waals surface area contributed by atoms with Crippen LogP contribution in [0.15, 0.2) is 18.2 Å². The molecule has 1 amide bonds. The molecule has 1 N–H and O–H groups in total. The number of alkyl halides is 1. The highest BCUT2D eigenvalue weighted by Crippen LogP contribution is 2.27. The molecule has 1 aliphatic heterocycles. The molecule has 0 bridgehead atoms. The first-order valence-corrected chi connectivity index (χ1v) is 6.85. The minimum Gasteiger partial charge on any atom is -0.507 e. The third-order valence-electron chi connectivity index (χ3n) is 3.68. The molecule has 2 rings (SSSR count). The average Bonchev–Trinajstić information content (AvgIpc) is 2.38. The maximum Gasteiger partial charge on any atom is 0.260 e. The molecule has 104 valence electrons. The molecule has 0 spiro atoms. The predicted octanol–water partition coefficient (Wildman–Crippen LogP) is 3.01. The molecule has 1 heterocycles. The van der Waals surface area contributed by atoms with E-state index in [4.69, 9.17) is 11.6 Å². The largest absolute Gasteiger partial charge is 0.507 e. The number of aromatic hydroxyl groups is 1. The Morgan fingerprint density at radius 2 is 2.11 bits per heavy atom. The number of amides is 1. The number of phenols is 1. The van der Waals surface area contributed by atoms with Crippen LogP contribution in [-0.2, 0) is 0 Å². The molecule has 1 atom stereocenters. The molecule has 19 heavy (non-hydrogen) atoms. The summed E-state index contributed by atoms with van der Waals surface area (Å²) in [6, 6.07) is 3.88. The number of nitrogens with zero attached hydrogens (tertiary/aromatic N) is 1. The van der Waals surface area contributed by atoms with E-state index in [1.165, 1.54) is 18.2 Å². The van der Waals surface area contributed by atoms with Crippen molar-refractivity contribution in [1.82, 2.24) is 4.90 Å². The molecule has 1 saturated heterocycles. The molecule has 5 heteroatoms. The number of carbonyl (C=O) groups excluding carboxylic acids is 1. The Labute approximate surface area is 117 Å². The van der Waals surface area contributed by atoms with E-state index in [-0.39, 0.29) is 16.7 Å². The van der Waals surface area contributed by atoms with Crippen molar-refractivity contribution in [1.29, 1.82) is 0 Å². The molecule has 1 aliphatic rings. The Hall–Kier alpha value is -1.29. The van der Waals surface area contributed by atoms with Crippen LogP contribution in [-0.4, -0.2) is 34.4 Å². The smallest absolute Gasteiger partial charge is 0.260 e. The summed E-state index contributed by atoms with van der Waals surface area (Å²) in [6.45, 7) is 3.05. The van der Waals surface area contributed by atoms with Crippen LogP contribution in [0.5, 0.6) is 5.75 Å². The van der Waals surface area contributed by atoms with Crippen LogP contribution in [0.2, 0.25) is 0 Å². The summed E-state index contributed by atoms with van der Waals surface area (Å²) in [5.74, 6) is -1.05. The number of halogens is 2. The fraction of sp³-hybridized carbons (Fsp3) is 0.500. The second-order valence-electron chi connectivity index (χ2n) is 4.94. The van der Waals surface area contributed by atoms with E-state index in [1.54, 1.807) is 4.90 Å². The number of hydrogen-bond acceptors (Lipinski definition) is 2. The number of rotatable bonds is 2. The van der Waals surface area contributed by atoms with Gasteiger partial charge in [0.05, 0.1) is 0 Å². The standard InChI is InChI=1S/C14H17ClFNO2/c1-9(15)10-5-7-17(8-6-10)14(19)13-11(16)3-2-4-12(13)18/h2-4,9-10,18H,5-8H2,1H3. The van der Waals surface area contributed by atoms with Crippen LogP contribution in [0, 0.1) is 11.7 Å². The third kappa shape index (κ3) is 3.00. The summed E-state index contributed by atoms with van der Waals surface area (Å²) < 4.78 is 13.6. The molecular formula is C14H17ClFNO2. The van der Waals surface area contributed by atoms with Crippen molar-refractivity contribution in [2.75, 3.05) is 13.1 Å². The molecular weight excluding hydrogens is 269 g/mol. The Balaban J connectivity index is 2.10. The van der Waals surface area contributed by atoms with E-state index in [0.29, 0.717) is 19.0 Å². The Kier molecular flexibility index (Phi) is 4.30. The lowest BCUT2D eigenvalue weighted by molar-refractivity contribution is 0.0682. The zero-order chi connectivity index (χ0) is 14.0. The molecule has 1 fully saturated rings. The van der Waals surface area contributed by atoms with Gasteiger partial charge in [0.2, 0.25) is 0 Å². The van der Waals surface area contributed by atoms with Gasteiger partial charge in [-0.25, -0.2) is 4.39 Å². The number of carbonyl (C=O) groups is 1. The lowest BCUT2D eigenvalue weighted by Crippen LogP contribution is -2.40. The van der Waals surface area contributed by atoms with E-state index < -0.39 is 11.7 Å². The van der Waals surface area contributed by atoms with E-state index in [2.05, 4.69) is 0 Å². The Morgan fingerprint density at radius 3 is 2.63 bits per heavy atom. The van der Waals surface area contributed by atoms with Gasteiger partial charge >= 0.3 is 0 Å². The normalized spacial score (nSPS) is 18.4. The Bertz CT molecular complexity index is 450. The quantitative estimate of drug-likeness (QED) is 0.849. The van der Waals surface area contributed by atoms with Gasteiger partial charge in [-0.2, -0.15) is 0 Å². The number of piperidine rings is 1. The first-order valence-electron chi connectivity index (χ1n) is 6.41. The maximum atomic E-state index is 13.6. The van der Waals surface area contributed by atoms with Gasteiger partial charge in [-0.3, -0.25) is 4.79 Å². The van der Waals surface area contributed by atoms with E-state index in [1.807, 2.05) is 6.92 Å². The van der Waals surface area contributed by atoms with Crippen LogP contribution >= 0.6 is 11.6 Å². The summed E-state index contributed by atoms with van der Waals surface area (Å²) in [7, 11) is 0. The van der Waals surface area contributed by atoms with Crippen molar-refractivity contribution in [3.63, 3.8) is 0 Å². The first kappa shape index (κ1) is 14.1. The van der Waals surface area contributed by atoms with Crippen LogP contribution in [0.1, 0.15) is 30.1 Å². The zero-order valence-corrected chi connectivity index (χ0v) is 11.5. The van der Waals surface area contributed by atoms with E-state index in [9.17, 15) is 14.3 Å². The number of benzene rings is 1. The lowest BCUT2D eigenvalue weighted by Gasteiger charge is -2.33. The van der Waals surface area contributed by atoms with Crippen LogP contribution < -0.4 is 0 Å². The minimum atomic E-state index is -0.683. The fourth-order valence-corrected chi connectivity index (χ4v) is 2.70. The molecule has 0 aliphatic carbocycles. The van der Waals surface area contributed by atoms with Crippen molar-refractivity contribution >= 4 is 17.5 Å². The van der Waals surface area contributed by atoms with Gasteiger partial charge in [-0.05, 0) is 37.8 Å². The summed E-state index contributed by atoms with van der Waals surface area (Å²) in [5.41, 5.74) is -0.236. The van der Waals surface area contributed by atoms with Crippen molar-refractivity contribution in [3.05, 3.63) is 29.6 Å². The van der Waals surface area contributed by atoms with Crippen LogP contribution in [0.3, 0.4) is 0 Å². The fourth-order valence-electron chi connectivity index (χ4n) is 2.44. The van der Waals surface area contributed by atoms with E-state index >= 15 is 0 Å². The first-order chi connectivity index (χ1) is 9.00. The van der Waals surface area contributed by atoms with Crippen molar-refractivity contribution < 1.29 is 14.3 Å². The highest BCUT2D eigenvalue weighted by atomic mass is 35.5. The Morgan fingerprint density at radius 1 is 1.47 bits per heavy atom. The maximum absolute atomic E-state index is 13.6. The van der Waals surface area contributed by atoms with Crippen molar-refractivity contribution in [2.24, 2.45) is 5.92 Å². The molecule has 1 unspecified atom stereocenters. The van der Waals surface area contributed by atoms with Gasteiger partial charge in [-0.15, -0.1) is 11.6 Å². The second kappa shape index (κ2) is 5.78. The predicted molar refractivity (Wildman–Crippen MR) is 72.0 cm³/mol. The van der Waals surface area contributed by atoms with Gasteiger partial charge in [0.1, 0.15) is 17.1 Å². The SMILES string of the molecule is CC(Cl)C1CCN(C(=O)c2c(O)cccc2F)CC1. The van der Waals surface area contributed by atoms with Crippen LogP contribution in [0.4, 0.5) is 4.39 Å². The van der Waals surface area contributed by atoms with Gasteiger partial charge in [0.15, 0.2) is 0 Å². The molecule has 0 saturated carbocycles. The number of hydrogen-bond donors (Lipinski definition) is 1. The van der Waals surface area contributed by atoms with Gasteiger partial charge < -0.3 is 10.0 Å². The molecule has 3 nitrogen and oxygen atoms in total. The minimum absolute atomic E-state index is 0.0825. The summed E-state index contributed by atoms with van der Waals surface area (Å²) in [5, 5.41) is 9.71. The summed E-state index contributed by atoms with van der Waals surface area (Å²) in [4.78, 5) is 13.8. The molecule has 0 aromatic heterocycles. The number of likely N-dealkylation sites (tertiary alicyclic amines) is 1. The highest BCUT2D eigenvalue weighted by molar-refractivity contribution is 6.20. The number of phenolic OH excluding ortho intramolecular Hbond substituents is 1. The summed E-state index contributed by atoms with van der Waals surface area (Å²) >= 11 is 6.05. The van der Waals surface area contributed by atoms with E-state index in [0.717, 1.165) is 12.8 Å². The third-order valence-corrected chi connectivity index (χ3v) is 4.04. The molecule has 1 aromatic carbocycles. The highest BCUT2D eigenvalue weighted by Gasteiger charge is 2.28. The van der Waals surface area contributed by atoms with Crippen molar-refractivity contribution in [3.8, 4) is 5.75 Å².